The summed E-state index contributed by atoms with van der Waals surface area (Å²) >= 11 is 0. The molecular weight excluding hydrogens is 253 g/mol. The molecule has 0 bridgehead atoms. The number of aliphatic hydroxyl groups excluding tert-OH is 1. The van der Waals surface area contributed by atoms with E-state index in [0.29, 0.717) is 11.8 Å². The highest BCUT2D eigenvalue weighted by Crippen LogP contribution is 2.28. The third-order valence-corrected chi connectivity index (χ3v) is 3.44. The fraction of sp³-hybridized carbons (Fsp3) is 0.118. The monoisotopic (exact) mass is 267 g/mol. The van der Waals surface area contributed by atoms with Gasteiger partial charge in [-0.1, -0.05) is 30.3 Å². The zero-order valence-corrected chi connectivity index (χ0v) is 10.8. The molecule has 0 aliphatic heterocycles. The molecule has 0 aliphatic rings. The highest BCUT2D eigenvalue weighted by atomic mass is 19.1. The zero-order valence-electron chi connectivity index (χ0n) is 10.8. The fourth-order valence-corrected chi connectivity index (χ4v) is 2.43. The third-order valence-electron chi connectivity index (χ3n) is 3.44. The van der Waals surface area contributed by atoms with Crippen molar-refractivity contribution in [3.8, 4) is 0 Å². The minimum absolute atomic E-state index is 0.263. The Labute approximate surface area is 116 Å². The van der Waals surface area contributed by atoms with E-state index in [9.17, 15) is 9.50 Å². The summed E-state index contributed by atoms with van der Waals surface area (Å²) < 4.78 is 13.8. The number of fused-ring (bicyclic) bond motifs is 1. The van der Waals surface area contributed by atoms with Crippen LogP contribution in [0.15, 0.2) is 60.9 Å². The number of hydrogen-bond donors (Lipinski definition) is 1. The Bertz CT molecular complexity index is 727. The summed E-state index contributed by atoms with van der Waals surface area (Å²) in [5.41, 5.74) is 1.75. The number of aliphatic hydroxyl groups is 1. The predicted molar refractivity (Wildman–Crippen MR) is 76.8 cm³/mol. The van der Waals surface area contributed by atoms with Crippen molar-refractivity contribution in [1.29, 1.82) is 0 Å². The highest BCUT2D eigenvalue weighted by molar-refractivity contribution is 5.86. The first-order valence-electron chi connectivity index (χ1n) is 6.50. The van der Waals surface area contributed by atoms with Gasteiger partial charge in [0, 0.05) is 24.2 Å². The van der Waals surface area contributed by atoms with Crippen LogP contribution in [-0.2, 0) is 6.42 Å². The van der Waals surface area contributed by atoms with Crippen LogP contribution in [0.1, 0.15) is 17.2 Å². The Kier molecular flexibility index (Phi) is 3.44. The number of halogens is 1. The second-order valence-electron chi connectivity index (χ2n) is 4.76. The van der Waals surface area contributed by atoms with Crippen LogP contribution in [-0.4, -0.2) is 10.1 Å². The molecule has 0 aliphatic carbocycles. The molecule has 20 heavy (non-hydrogen) atoms. The summed E-state index contributed by atoms with van der Waals surface area (Å²) in [5, 5.41) is 11.7. The molecule has 100 valence electrons. The van der Waals surface area contributed by atoms with Crippen molar-refractivity contribution in [1.82, 2.24) is 4.98 Å². The van der Waals surface area contributed by atoms with Crippen molar-refractivity contribution < 1.29 is 9.50 Å². The lowest BCUT2D eigenvalue weighted by atomic mass is 9.96. The molecule has 1 aromatic heterocycles. The van der Waals surface area contributed by atoms with Gasteiger partial charge in [-0.25, -0.2) is 4.39 Å². The summed E-state index contributed by atoms with van der Waals surface area (Å²) in [6, 6.07) is 14.0. The van der Waals surface area contributed by atoms with Crippen LogP contribution < -0.4 is 0 Å². The Morgan fingerprint density at radius 1 is 0.950 bits per heavy atom. The number of nitrogens with zero attached hydrogens (tertiary/aromatic N) is 1. The van der Waals surface area contributed by atoms with Crippen molar-refractivity contribution in [2.24, 2.45) is 0 Å². The number of rotatable bonds is 3. The van der Waals surface area contributed by atoms with E-state index in [-0.39, 0.29) is 5.82 Å². The smallest absolute Gasteiger partial charge is 0.131 e. The van der Waals surface area contributed by atoms with E-state index < -0.39 is 6.10 Å². The van der Waals surface area contributed by atoms with E-state index in [2.05, 4.69) is 4.98 Å². The number of pyridine rings is 1. The van der Waals surface area contributed by atoms with E-state index in [1.165, 1.54) is 6.07 Å². The topological polar surface area (TPSA) is 33.1 Å². The van der Waals surface area contributed by atoms with Crippen molar-refractivity contribution in [2.75, 3.05) is 0 Å². The van der Waals surface area contributed by atoms with Crippen molar-refractivity contribution >= 4 is 10.8 Å². The Morgan fingerprint density at radius 3 is 2.40 bits per heavy atom. The standard InChI is InChI=1S/C17H14FNO/c18-16-6-5-15(13-3-1-2-4-14(13)16)17(20)11-12-7-9-19-10-8-12/h1-10,17,20H,11H2. The molecule has 3 aromatic rings. The van der Waals surface area contributed by atoms with E-state index >= 15 is 0 Å². The molecule has 2 aromatic carbocycles. The minimum atomic E-state index is -0.664. The maximum Gasteiger partial charge on any atom is 0.131 e. The van der Waals surface area contributed by atoms with Gasteiger partial charge in [0.15, 0.2) is 0 Å². The molecular formula is C17H14FNO. The Morgan fingerprint density at radius 2 is 1.65 bits per heavy atom. The van der Waals surface area contributed by atoms with Gasteiger partial charge in [0.05, 0.1) is 6.10 Å². The van der Waals surface area contributed by atoms with Crippen LogP contribution in [0.3, 0.4) is 0 Å². The number of hydrogen-bond acceptors (Lipinski definition) is 2. The lowest BCUT2D eigenvalue weighted by molar-refractivity contribution is 0.180. The highest BCUT2D eigenvalue weighted by Gasteiger charge is 2.13. The molecule has 0 fully saturated rings. The average Bonchev–Trinajstić information content (AvgIpc) is 2.49. The van der Waals surface area contributed by atoms with Crippen LogP contribution in [0.2, 0.25) is 0 Å². The van der Waals surface area contributed by atoms with Gasteiger partial charge >= 0.3 is 0 Å². The summed E-state index contributed by atoms with van der Waals surface area (Å²) in [5.74, 6) is -0.263. The third kappa shape index (κ3) is 2.40. The van der Waals surface area contributed by atoms with Crippen LogP contribution in [0, 0.1) is 5.82 Å². The lowest BCUT2D eigenvalue weighted by Crippen LogP contribution is -2.03. The summed E-state index contributed by atoms with van der Waals surface area (Å²) in [6.07, 6.45) is 3.22. The molecule has 0 spiro atoms. The van der Waals surface area contributed by atoms with Gasteiger partial charge in [-0.2, -0.15) is 0 Å². The maximum atomic E-state index is 13.8. The van der Waals surface area contributed by atoms with Crippen molar-refractivity contribution in [2.45, 2.75) is 12.5 Å². The van der Waals surface area contributed by atoms with Gasteiger partial charge in [0.25, 0.3) is 0 Å². The van der Waals surface area contributed by atoms with Crippen LogP contribution in [0.25, 0.3) is 10.8 Å². The number of benzene rings is 2. The van der Waals surface area contributed by atoms with Crippen LogP contribution in [0.5, 0.6) is 0 Å². The first-order chi connectivity index (χ1) is 9.75. The number of aromatic nitrogens is 1. The molecule has 0 saturated carbocycles. The molecule has 1 unspecified atom stereocenters. The SMILES string of the molecule is OC(Cc1ccncc1)c1ccc(F)c2ccccc12. The first kappa shape index (κ1) is 12.8. The van der Waals surface area contributed by atoms with Gasteiger partial charge in [-0.3, -0.25) is 4.98 Å². The fourth-order valence-electron chi connectivity index (χ4n) is 2.43. The average molecular weight is 267 g/mol. The Balaban J connectivity index is 2.00. The molecule has 0 amide bonds. The van der Waals surface area contributed by atoms with E-state index in [0.717, 1.165) is 16.5 Å². The Hall–Kier alpha value is -2.26. The normalized spacial score (nSPS) is 12.5. The van der Waals surface area contributed by atoms with Gasteiger partial charge < -0.3 is 5.11 Å². The second-order valence-corrected chi connectivity index (χ2v) is 4.76. The van der Waals surface area contributed by atoms with Crippen LogP contribution in [0.4, 0.5) is 4.39 Å². The van der Waals surface area contributed by atoms with E-state index in [4.69, 9.17) is 0 Å². The van der Waals surface area contributed by atoms with Gasteiger partial charge in [0.2, 0.25) is 0 Å². The minimum Gasteiger partial charge on any atom is -0.388 e. The summed E-state index contributed by atoms with van der Waals surface area (Å²) in [6.45, 7) is 0. The van der Waals surface area contributed by atoms with Gasteiger partial charge in [0.1, 0.15) is 5.82 Å². The molecule has 3 rings (SSSR count). The first-order valence-corrected chi connectivity index (χ1v) is 6.50. The van der Waals surface area contributed by atoms with Crippen molar-refractivity contribution in [3.05, 3.63) is 77.9 Å². The van der Waals surface area contributed by atoms with E-state index in [1.807, 2.05) is 24.3 Å². The zero-order chi connectivity index (χ0) is 13.9. The largest absolute Gasteiger partial charge is 0.388 e. The molecule has 1 atom stereocenters. The molecule has 1 heterocycles. The lowest BCUT2D eigenvalue weighted by Gasteiger charge is -2.14. The van der Waals surface area contributed by atoms with Crippen LogP contribution >= 0.6 is 0 Å². The molecule has 1 N–H and O–H groups in total. The van der Waals surface area contributed by atoms with Gasteiger partial charge in [-0.15, -0.1) is 0 Å². The summed E-state index contributed by atoms with van der Waals surface area (Å²) in [4.78, 5) is 3.96. The molecule has 3 heteroatoms. The maximum absolute atomic E-state index is 13.8. The molecule has 2 nitrogen and oxygen atoms in total. The molecule has 0 radical (unpaired) electrons. The quantitative estimate of drug-likeness (QED) is 0.785. The predicted octanol–water partition coefficient (Wildman–Crippen LogP) is 3.65. The van der Waals surface area contributed by atoms with Crippen molar-refractivity contribution in [3.63, 3.8) is 0 Å². The second kappa shape index (κ2) is 5.39. The van der Waals surface area contributed by atoms with E-state index in [1.54, 1.807) is 30.6 Å². The summed E-state index contributed by atoms with van der Waals surface area (Å²) in [7, 11) is 0. The molecule has 0 saturated heterocycles. The van der Waals surface area contributed by atoms with Gasteiger partial charge in [-0.05, 0) is 34.7 Å².